The van der Waals surface area contributed by atoms with Crippen LogP contribution in [0.2, 0.25) is 0 Å². The molecule has 0 aromatic heterocycles. The molecule has 0 aromatic carbocycles. The molecule has 0 aromatic rings. The lowest BCUT2D eigenvalue weighted by atomic mass is 10.1. The SMILES string of the molecule is CC(=O)CCCCN1CCC(=O)CC1. The van der Waals surface area contributed by atoms with Crippen LogP contribution in [0, 0.1) is 0 Å². The van der Waals surface area contributed by atoms with Crippen LogP contribution >= 0.6 is 0 Å². The molecule has 3 heteroatoms. The maximum absolute atomic E-state index is 11.0. The maximum atomic E-state index is 11.0. The molecule has 0 atom stereocenters. The van der Waals surface area contributed by atoms with E-state index in [9.17, 15) is 9.59 Å². The Kier molecular flexibility index (Phi) is 4.80. The van der Waals surface area contributed by atoms with Gasteiger partial charge in [0.1, 0.15) is 11.6 Å². The summed E-state index contributed by atoms with van der Waals surface area (Å²) in [6.45, 7) is 4.51. The van der Waals surface area contributed by atoms with Crippen LogP contribution in [0.3, 0.4) is 0 Å². The quantitative estimate of drug-likeness (QED) is 0.625. The standard InChI is InChI=1S/C11H19NO2/c1-10(13)4-2-3-7-12-8-5-11(14)6-9-12/h2-9H2,1H3. The molecular formula is C11H19NO2. The van der Waals surface area contributed by atoms with Crippen molar-refractivity contribution in [1.82, 2.24) is 4.90 Å². The van der Waals surface area contributed by atoms with Gasteiger partial charge in [0.05, 0.1) is 0 Å². The highest BCUT2D eigenvalue weighted by atomic mass is 16.1. The summed E-state index contributed by atoms with van der Waals surface area (Å²) >= 11 is 0. The molecule has 0 unspecified atom stereocenters. The third-order valence-corrected chi connectivity index (χ3v) is 2.67. The molecule has 0 saturated carbocycles. The lowest BCUT2D eigenvalue weighted by molar-refractivity contribution is -0.121. The highest BCUT2D eigenvalue weighted by molar-refractivity contribution is 5.79. The first kappa shape index (κ1) is 11.4. The van der Waals surface area contributed by atoms with E-state index in [4.69, 9.17) is 0 Å². The zero-order valence-electron chi connectivity index (χ0n) is 8.92. The van der Waals surface area contributed by atoms with Crippen molar-refractivity contribution in [2.24, 2.45) is 0 Å². The molecule has 1 aliphatic heterocycles. The fraction of sp³-hybridized carbons (Fsp3) is 0.818. The molecule has 1 aliphatic rings. The summed E-state index contributed by atoms with van der Waals surface area (Å²) in [5.74, 6) is 0.670. The summed E-state index contributed by atoms with van der Waals surface area (Å²) in [5.41, 5.74) is 0. The number of hydrogen-bond donors (Lipinski definition) is 0. The molecule has 14 heavy (non-hydrogen) atoms. The second-order valence-corrected chi connectivity index (χ2v) is 4.04. The van der Waals surface area contributed by atoms with Crippen LogP contribution in [-0.4, -0.2) is 36.1 Å². The molecule has 3 nitrogen and oxygen atoms in total. The summed E-state index contributed by atoms with van der Waals surface area (Å²) in [4.78, 5) is 24.0. The van der Waals surface area contributed by atoms with E-state index in [2.05, 4.69) is 4.90 Å². The number of rotatable bonds is 5. The summed E-state index contributed by atoms with van der Waals surface area (Å²) in [7, 11) is 0. The van der Waals surface area contributed by atoms with Crippen molar-refractivity contribution in [2.45, 2.75) is 39.0 Å². The van der Waals surface area contributed by atoms with E-state index in [-0.39, 0.29) is 5.78 Å². The predicted molar refractivity (Wildman–Crippen MR) is 55.2 cm³/mol. The summed E-state index contributed by atoms with van der Waals surface area (Å²) in [6, 6.07) is 0. The second kappa shape index (κ2) is 5.91. The van der Waals surface area contributed by atoms with Crippen LogP contribution < -0.4 is 0 Å². The molecule has 0 aliphatic carbocycles. The molecule has 80 valence electrons. The van der Waals surface area contributed by atoms with Gasteiger partial charge in [-0.05, 0) is 26.3 Å². The maximum Gasteiger partial charge on any atom is 0.135 e. The van der Waals surface area contributed by atoms with Crippen LogP contribution in [0.4, 0.5) is 0 Å². The second-order valence-electron chi connectivity index (χ2n) is 4.04. The minimum Gasteiger partial charge on any atom is -0.302 e. The van der Waals surface area contributed by atoms with Crippen LogP contribution in [0.1, 0.15) is 39.0 Å². The Morgan fingerprint density at radius 3 is 2.50 bits per heavy atom. The number of piperidine rings is 1. The fourth-order valence-electron chi connectivity index (χ4n) is 1.74. The Balaban J connectivity index is 2.02. The van der Waals surface area contributed by atoms with E-state index >= 15 is 0 Å². The smallest absolute Gasteiger partial charge is 0.135 e. The van der Waals surface area contributed by atoms with Crippen molar-refractivity contribution in [2.75, 3.05) is 19.6 Å². The number of hydrogen-bond acceptors (Lipinski definition) is 3. The Morgan fingerprint density at radius 2 is 1.93 bits per heavy atom. The summed E-state index contributed by atoms with van der Waals surface area (Å²) < 4.78 is 0. The van der Waals surface area contributed by atoms with Gasteiger partial charge in [-0.3, -0.25) is 4.79 Å². The van der Waals surface area contributed by atoms with E-state index in [1.807, 2.05) is 0 Å². The number of nitrogens with zero attached hydrogens (tertiary/aromatic N) is 1. The lowest BCUT2D eigenvalue weighted by Gasteiger charge is -2.25. The molecule has 0 bridgehead atoms. The van der Waals surface area contributed by atoms with Crippen LogP contribution in [-0.2, 0) is 9.59 Å². The molecule has 0 amide bonds. The molecule has 1 fully saturated rings. The molecule has 0 spiro atoms. The summed E-state index contributed by atoms with van der Waals surface area (Å²) in [6.07, 6.45) is 4.19. The highest BCUT2D eigenvalue weighted by Crippen LogP contribution is 2.07. The van der Waals surface area contributed by atoms with E-state index in [0.29, 0.717) is 25.0 Å². The minimum absolute atomic E-state index is 0.277. The average Bonchev–Trinajstić information content (AvgIpc) is 2.15. The largest absolute Gasteiger partial charge is 0.302 e. The summed E-state index contributed by atoms with van der Waals surface area (Å²) in [5, 5.41) is 0. The number of Topliss-reactive ketones (excluding diaryl/α,β-unsaturated/α-hetero) is 2. The Morgan fingerprint density at radius 1 is 1.29 bits per heavy atom. The van der Waals surface area contributed by atoms with Crippen molar-refractivity contribution in [3.05, 3.63) is 0 Å². The number of ketones is 2. The third-order valence-electron chi connectivity index (χ3n) is 2.67. The number of carbonyl (C=O) groups excluding carboxylic acids is 2. The first-order valence-electron chi connectivity index (χ1n) is 5.42. The zero-order valence-corrected chi connectivity index (χ0v) is 8.92. The number of unbranched alkanes of at least 4 members (excludes halogenated alkanes) is 1. The Hall–Kier alpha value is -0.700. The zero-order chi connectivity index (χ0) is 10.4. The van der Waals surface area contributed by atoms with Gasteiger partial charge in [-0.25, -0.2) is 0 Å². The fourth-order valence-corrected chi connectivity index (χ4v) is 1.74. The van der Waals surface area contributed by atoms with Crippen LogP contribution in [0.25, 0.3) is 0 Å². The monoisotopic (exact) mass is 197 g/mol. The molecule has 0 N–H and O–H groups in total. The van der Waals surface area contributed by atoms with Gasteiger partial charge in [-0.15, -0.1) is 0 Å². The number of carbonyl (C=O) groups is 2. The van der Waals surface area contributed by atoms with Crippen LogP contribution in [0.5, 0.6) is 0 Å². The van der Waals surface area contributed by atoms with Gasteiger partial charge in [0, 0.05) is 32.4 Å². The molecule has 1 rings (SSSR count). The van der Waals surface area contributed by atoms with Gasteiger partial charge < -0.3 is 9.69 Å². The van der Waals surface area contributed by atoms with Gasteiger partial charge in [-0.1, -0.05) is 0 Å². The predicted octanol–water partition coefficient (Wildman–Crippen LogP) is 1.41. The normalized spacial score (nSPS) is 18.5. The van der Waals surface area contributed by atoms with Gasteiger partial charge >= 0.3 is 0 Å². The molecule has 1 saturated heterocycles. The van der Waals surface area contributed by atoms with Crippen molar-refractivity contribution in [3.8, 4) is 0 Å². The van der Waals surface area contributed by atoms with Crippen molar-refractivity contribution in [1.29, 1.82) is 0 Å². The van der Waals surface area contributed by atoms with E-state index in [0.717, 1.165) is 32.5 Å². The van der Waals surface area contributed by atoms with Gasteiger partial charge in [-0.2, -0.15) is 0 Å². The van der Waals surface area contributed by atoms with Crippen molar-refractivity contribution in [3.63, 3.8) is 0 Å². The van der Waals surface area contributed by atoms with Crippen molar-refractivity contribution >= 4 is 11.6 Å². The molecule has 0 radical (unpaired) electrons. The Bertz CT molecular complexity index is 203. The van der Waals surface area contributed by atoms with Crippen molar-refractivity contribution < 1.29 is 9.59 Å². The van der Waals surface area contributed by atoms with E-state index < -0.39 is 0 Å². The molecular weight excluding hydrogens is 178 g/mol. The van der Waals surface area contributed by atoms with E-state index in [1.54, 1.807) is 6.92 Å². The van der Waals surface area contributed by atoms with Gasteiger partial charge in [0.15, 0.2) is 0 Å². The van der Waals surface area contributed by atoms with E-state index in [1.165, 1.54) is 0 Å². The average molecular weight is 197 g/mol. The lowest BCUT2D eigenvalue weighted by Crippen LogP contribution is -2.34. The topological polar surface area (TPSA) is 37.4 Å². The minimum atomic E-state index is 0.277. The third kappa shape index (κ3) is 4.51. The first-order valence-corrected chi connectivity index (χ1v) is 5.42. The van der Waals surface area contributed by atoms with Gasteiger partial charge in [0.2, 0.25) is 0 Å². The first-order chi connectivity index (χ1) is 6.68. The van der Waals surface area contributed by atoms with Crippen LogP contribution in [0.15, 0.2) is 0 Å². The van der Waals surface area contributed by atoms with Gasteiger partial charge in [0.25, 0.3) is 0 Å². The molecule has 1 heterocycles. The number of likely N-dealkylation sites (tertiary alicyclic amines) is 1. The Labute approximate surface area is 85.5 Å². The highest BCUT2D eigenvalue weighted by Gasteiger charge is 2.14.